The van der Waals surface area contributed by atoms with E-state index in [1.165, 1.54) is 16.4 Å². The summed E-state index contributed by atoms with van der Waals surface area (Å²) in [5.74, 6) is 0.174. The van der Waals surface area contributed by atoms with E-state index >= 15 is 0 Å². The first-order valence-electron chi connectivity index (χ1n) is 9.70. The van der Waals surface area contributed by atoms with E-state index in [9.17, 15) is 13.4 Å². The number of halogens is 1. The maximum absolute atomic E-state index is 13.5. The Kier molecular flexibility index (Phi) is 8.64. The molecule has 1 aromatic carbocycles. The minimum Gasteiger partial charge on any atom is -0.303 e. The molecule has 0 fully saturated rings. The molecule has 7 heteroatoms. The smallest absolute Gasteiger partial charge is 0.237 e. The van der Waals surface area contributed by atoms with Gasteiger partial charge in [-0.3, -0.25) is 4.31 Å². The first kappa shape index (κ1) is 22.9. The minimum atomic E-state index is -1.27. The highest BCUT2D eigenvalue weighted by Crippen LogP contribution is 2.31. The maximum atomic E-state index is 13.5. The number of hydrogen-bond donors (Lipinski definition) is 0. The van der Waals surface area contributed by atoms with Crippen molar-refractivity contribution >= 4 is 29.3 Å². The van der Waals surface area contributed by atoms with Crippen molar-refractivity contribution in [3.05, 3.63) is 47.4 Å². The van der Waals surface area contributed by atoms with Crippen LogP contribution in [-0.4, -0.2) is 33.8 Å². The first-order valence-corrected chi connectivity index (χ1v) is 11.2. The van der Waals surface area contributed by atoms with E-state index in [0.29, 0.717) is 18.1 Å². The van der Waals surface area contributed by atoms with Gasteiger partial charge in [-0.25, -0.2) is 18.6 Å². The average Bonchev–Trinajstić information content (AvgIpc) is 2.70. The van der Waals surface area contributed by atoms with Crippen molar-refractivity contribution in [2.75, 3.05) is 17.6 Å². The van der Waals surface area contributed by atoms with Crippen LogP contribution >= 0.6 is 0 Å². The summed E-state index contributed by atoms with van der Waals surface area (Å²) in [4.78, 5) is 19.8. The van der Waals surface area contributed by atoms with E-state index in [4.69, 9.17) is 0 Å². The number of hydrogen-bond acceptors (Lipinski definition) is 4. The van der Waals surface area contributed by atoms with Gasteiger partial charge in [0.2, 0.25) is 5.95 Å². The summed E-state index contributed by atoms with van der Waals surface area (Å²) in [6.45, 7) is 4.09. The normalized spacial score (nSPS) is 12.5. The second-order valence-corrected chi connectivity index (χ2v) is 8.50. The zero-order valence-electron chi connectivity index (χ0n) is 17.4. The third kappa shape index (κ3) is 6.29. The molecule has 0 bridgehead atoms. The second kappa shape index (κ2) is 11.0. The van der Waals surface area contributed by atoms with Gasteiger partial charge in [0.15, 0.2) is 0 Å². The van der Waals surface area contributed by atoms with Gasteiger partial charge in [-0.05, 0) is 49.4 Å². The molecule has 0 aliphatic carbocycles. The van der Waals surface area contributed by atoms with Crippen molar-refractivity contribution in [2.24, 2.45) is 0 Å². The van der Waals surface area contributed by atoms with Gasteiger partial charge in [0.05, 0.1) is 11.4 Å². The maximum Gasteiger partial charge on any atom is 0.237 e. The number of unbranched alkanes of at least 4 members (excludes halogenated alkanes) is 3. The molecule has 0 spiro atoms. The lowest BCUT2D eigenvalue weighted by Crippen LogP contribution is -2.22. The fourth-order valence-electron chi connectivity index (χ4n) is 2.85. The van der Waals surface area contributed by atoms with Gasteiger partial charge in [0.25, 0.3) is 0 Å². The number of anilines is 1. The molecule has 0 radical (unpaired) electrons. The third-order valence-corrected chi connectivity index (χ3v) is 5.46. The number of carbonyl (C=O) groups excluding carboxylic acids is 1. The first-order chi connectivity index (χ1) is 13.8. The number of nitrogens with zero attached hydrogens (tertiary/aromatic N) is 3. The summed E-state index contributed by atoms with van der Waals surface area (Å²) < 4.78 is 26.9. The molecule has 1 unspecified atom stereocenters. The Hall–Kier alpha value is -2.41. The van der Waals surface area contributed by atoms with Crippen LogP contribution in [0.5, 0.6) is 0 Å². The molecule has 1 heterocycles. The number of allylic oxidation sites excluding steroid dienone is 1. The zero-order valence-corrected chi connectivity index (χ0v) is 18.2. The highest BCUT2D eigenvalue weighted by molar-refractivity contribution is 7.85. The number of benzene rings is 1. The molecule has 0 saturated heterocycles. The molecule has 0 aliphatic heterocycles. The molecular weight excluding hydrogens is 389 g/mol. The quantitative estimate of drug-likeness (QED) is 0.407. The van der Waals surface area contributed by atoms with Crippen LogP contribution in [0.4, 0.5) is 10.3 Å². The molecule has 29 heavy (non-hydrogen) atoms. The lowest BCUT2D eigenvalue weighted by atomic mass is 9.97. The van der Waals surface area contributed by atoms with Gasteiger partial charge in [0.1, 0.15) is 23.1 Å². The molecule has 1 aromatic heterocycles. The van der Waals surface area contributed by atoms with Crippen molar-refractivity contribution < 1.29 is 13.4 Å². The minimum absolute atomic E-state index is 0.115. The van der Waals surface area contributed by atoms with E-state index in [-0.39, 0.29) is 11.7 Å². The molecule has 0 aliphatic rings. The van der Waals surface area contributed by atoms with Crippen molar-refractivity contribution in [1.29, 1.82) is 0 Å². The van der Waals surface area contributed by atoms with Crippen LogP contribution in [0.25, 0.3) is 17.3 Å². The van der Waals surface area contributed by atoms with Gasteiger partial charge in [-0.2, -0.15) is 0 Å². The molecule has 156 valence electrons. The van der Waals surface area contributed by atoms with E-state index in [2.05, 4.69) is 16.0 Å². The van der Waals surface area contributed by atoms with Crippen molar-refractivity contribution in [2.45, 2.75) is 45.4 Å². The van der Waals surface area contributed by atoms with Crippen LogP contribution in [0.1, 0.15) is 56.7 Å². The fourth-order valence-corrected chi connectivity index (χ4v) is 3.17. The van der Waals surface area contributed by atoms with Crippen LogP contribution in [0, 0.1) is 5.82 Å². The van der Waals surface area contributed by atoms with E-state index < -0.39 is 11.0 Å². The molecule has 1 atom stereocenters. The highest BCUT2D eigenvalue weighted by Gasteiger charge is 2.19. The predicted octanol–water partition coefficient (Wildman–Crippen LogP) is 4.91. The summed E-state index contributed by atoms with van der Waals surface area (Å²) in [5, 5.41) is 0. The molecule has 2 rings (SSSR count). The van der Waals surface area contributed by atoms with E-state index in [0.717, 1.165) is 42.4 Å². The lowest BCUT2D eigenvalue weighted by Gasteiger charge is -2.20. The van der Waals surface area contributed by atoms with Crippen LogP contribution in [0.15, 0.2) is 30.3 Å². The lowest BCUT2D eigenvalue weighted by molar-refractivity contribution is -0.107. The van der Waals surface area contributed by atoms with Gasteiger partial charge in [-0.15, -0.1) is 0 Å². The second-order valence-electron chi connectivity index (χ2n) is 7.11. The molecule has 0 saturated carbocycles. The SMILES string of the molecule is CC(C)c1nc(N(C)S(C)=O)nc(-c2ccc(F)cc2)c1/C=C/CCCCC=O. The zero-order chi connectivity index (χ0) is 21.4. The summed E-state index contributed by atoms with van der Waals surface area (Å²) >= 11 is 0. The molecular formula is C22H28FN3O2S. The Balaban J connectivity index is 2.54. The van der Waals surface area contributed by atoms with Gasteiger partial charge in [-0.1, -0.05) is 26.0 Å². The molecule has 0 amide bonds. The average molecular weight is 418 g/mol. The monoisotopic (exact) mass is 417 g/mol. The van der Waals surface area contributed by atoms with Crippen LogP contribution in [0.3, 0.4) is 0 Å². The standard InChI is InChI=1S/C22H28FN3O2S/c1-16(2)20-19(10-8-6-5-7-9-15-27)21(17-11-13-18(23)14-12-17)25-22(24-20)26(3)29(4)28/h8,10-16H,5-7,9H2,1-4H3/b10-8+. The van der Waals surface area contributed by atoms with Crippen molar-refractivity contribution in [1.82, 2.24) is 9.97 Å². The van der Waals surface area contributed by atoms with Crippen LogP contribution in [0.2, 0.25) is 0 Å². The molecule has 5 nitrogen and oxygen atoms in total. The van der Waals surface area contributed by atoms with Gasteiger partial charge in [0, 0.05) is 30.9 Å². The fraction of sp³-hybridized carbons (Fsp3) is 0.409. The topological polar surface area (TPSA) is 63.2 Å². The Bertz CT molecular complexity index is 882. The Morgan fingerprint density at radius 2 is 1.79 bits per heavy atom. The predicted molar refractivity (Wildman–Crippen MR) is 118 cm³/mol. The number of rotatable bonds is 10. The summed E-state index contributed by atoms with van der Waals surface area (Å²) in [7, 11) is 0.421. The number of carbonyl (C=O) groups is 1. The van der Waals surface area contributed by atoms with Crippen LogP contribution < -0.4 is 4.31 Å². The Morgan fingerprint density at radius 3 is 2.38 bits per heavy atom. The van der Waals surface area contributed by atoms with E-state index in [1.807, 2.05) is 19.9 Å². The Morgan fingerprint density at radius 1 is 1.14 bits per heavy atom. The summed E-state index contributed by atoms with van der Waals surface area (Å²) in [6, 6.07) is 6.19. The third-order valence-electron chi connectivity index (χ3n) is 4.52. The number of aromatic nitrogens is 2. The van der Waals surface area contributed by atoms with Crippen LogP contribution in [-0.2, 0) is 15.8 Å². The highest BCUT2D eigenvalue weighted by atomic mass is 32.2. The largest absolute Gasteiger partial charge is 0.303 e. The van der Waals surface area contributed by atoms with Gasteiger partial charge < -0.3 is 4.79 Å². The summed E-state index contributed by atoms with van der Waals surface area (Å²) in [5.41, 5.74) is 3.17. The van der Waals surface area contributed by atoms with E-state index in [1.54, 1.807) is 25.4 Å². The van der Waals surface area contributed by atoms with Crippen molar-refractivity contribution in [3.63, 3.8) is 0 Å². The van der Waals surface area contributed by atoms with Crippen molar-refractivity contribution in [3.8, 4) is 11.3 Å². The number of aldehydes is 1. The summed E-state index contributed by atoms with van der Waals surface area (Å²) in [6.07, 6.45) is 9.77. The molecule has 2 aromatic rings. The van der Waals surface area contributed by atoms with Gasteiger partial charge >= 0.3 is 0 Å². The Labute approximate surface area is 174 Å². The molecule has 0 N–H and O–H groups in total.